The summed E-state index contributed by atoms with van der Waals surface area (Å²) in [5, 5.41) is 5.12. The highest BCUT2D eigenvalue weighted by Crippen LogP contribution is 2.25. The fraction of sp³-hybridized carbons (Fsp3) is 0.615. The van der Waals surface area contributed by atoms with Crippen LogP contribution >= 0.6 is 39.7 Å². The van der Waals surface area contributed by atoms with Crippen LogP contribution in [0.15, 0.2) is 15.2 Å². The summed E-state index contributed by atoms with van der Waals surface area (Å²) in [6, 6.07) is 1.92. The minimum Gasteiger partial charge on any atom is -0.339 e. The van der Waals surface area contributed by atoms with E-state index >= 15 is 0 Å². The van der Waals surface area contributed by atoms with Gasteiger partial charge in [0.25, 0.3) is 5.91 Å². The van der Waals surface area contributed by atoms with Crippen LogP contribution in [0.3, 0.4) is 0 Å². The number of carbonyl (C=O) groups is 1. The van der Waals surface area contributed by atoms with Crippen LogP contribution in [0, 0.1) is 5.92 Å². The third-order valence-electron chi connectivity index (χ3n) is 3.52. The van der Waals surface area contributed by atoms with Gasteiger partial charge in [-0.15, -0.1) is 23.7 Å². The largest absolute Gasteiger partial charge is 0.339 e. The summed E-state index contributed by atoms with van der Waals surface area (Å²) in [7, 11) is 1.99. The summed E-state index contributed by atoms with van der Waals surface area (Å²) >= 11 is 4.97. The number of piperidine rings is 1. The van der Waals surface area contributed by atoms with Gasteiger partial charge >= 0.3 is 0 Å². The van der Waals surface area contributed by atoms with Gasteiger partial charge in [-0.3, -0.25) is 4.79 Å². The van der Waals surface area contributed by atoms with E-state index in [2.05, 4.69) is 21.2 Å². The van der Waals surface area contributed by atoms with Crippen LogP contribution < -0.4 is 5.32 Å². The Balaban J connectivity index is 0.00000180. The second-order valence-corrected chi connectivity index (χ2v) is 7.06. The molecule has 3 nitrogen and oxygen atoms in total. The van der Waals surface area contributed by atoms with Crippen molar-refractivity contribution in [1.29, 1.82) is 0 Å². The first-order chi connectivity index (χ1) is 8.70. The monoisotopic (exact) mass is 366 g/mol. The average molecular weight is 368 g/mol. The lowest BCUT2D eigenvalue weighted by Gasteiger charge is -2.31. The van der Waals surface area contributed by atoms with E-state index in [1.165, 1.54) is 6.42 Å². The van der Waals surface area contributed by atoms with E-state index in [0.29, 0.717) is 0 Å². The van der Waals surface area contributed by atoms with Crippen molar-refractivity contribution < 1.29 is 4.79 Å². The van der Waals surface area contributed by atoms with Crippen molar-refractivity contribution in [3.05, 3.63) is 20.8 Å². The normalized spacial score (nSPS) is 16.2. The molecule has 0 aliphatic carbocycles. The Morgan fingerprint density at radius 2 is 2.21 bits per heavy atom. The molecule has 1 fully saturated rings. The van der Waals surface area contributed by atoms with Crippen molar-refractivity contribution in [2.24, 2.45) is 5.92 Å². The molecule has 0 unspecified atom stereocenters. The molecule has 2 heterocycles. The third kappa shape index (κ3) is 4.74. The Kier molecular flexibility index (Phi) is 7.36. The van der Waals surface area contributed by atoms with Crippen LogP contribution in [0.2, 0.25) is 0 Å². The molecule has 6 heteroatoms. The highest BCUT2D eigenvalue weighted by Gasteiger charge is 2.23. The van der Waals surface area contributed by atoms with E-state index in [9.17, 15) is 4.79 Å². The molecule has 1 N–H and O–H groups in total. The number of nitrogens with one attached hydrogen (secondary N) is 1. The topological polar surface area (TPSA) is 32.3 Å². The van der Waals surface area contributed by atoms with Crippen molar-refractivity contribution in [2.75, 3.05) is 26.7 Å². The SMILES string of the molecule is CNCCC1CCN(C(=O)c2csc(Br)c2)CC1.Cl. The maximum absolute atomic E-state index is 12.2. The predicted octanol–water partition coefficient (Wildman–Crippen LogP) is 3.39. The molecule has 0 atom stereocenters. The van der Waals surface area contributed by atoms with Crippen LogP contribution in [0.4, 0.5) is 0 Å². The smallest absolute Gasteiger partial charge is 0.254 e. The Hall–Kier alpha value is -0.100. The third-order valence-corrected chi connectivity index (χ3v) is 5.02. The van der Waals surface area contributed by atoms with E-state index in [4.69, 9.17) is 0 Å². The molecular formula is C13H20BrClN2OS. The molecule has 0 saturated carbocycles. The molecular weight excluding hydrogens is 348 g/mol. The first kappa shape index (κ1) is 17.0. The van der Waals surface area contributed by atoms with Crippen LogP contribution in [-0.4, -0.2) is 37.5 Å². The van der Waals surface area contributed by atoms with Crippen molar-refractivity contribution in [2.45, 2.75) is 19.3 Å². The summed E-state index contributed by atoms with van der Waals surface area (Å²) in [6.07, 6.45) is 3.50. The summed E-state index contributed by atoms with van der Waals surface area (Å²) in [4.78, 5) is 14.2. The fourth-order valence-electron chi connectivity index (χ4n) is 2.38. The van der Waals surface area contributed by atoms with Crippen molar-refractivity contribution in [3.8, 4) is 0 Å². The van der Waals surface area contributed by atoms with E-state index in [-0.39, 0.29) is 18.3 Å². The molecule has 19 heavy (non-hydrogen) atoms. The minimum absolute atomic E-state index is 0. The number of hydrogen-bond donors (Lipinski definition) is 1. The lowest BCUT2D eigenvalue weighted by Crippen LogP contribution is -2.38. The van der Waals surface area contributed by atoms with Gasteiger partial charge in [0, 0.05) is 18.5 Å². The number of amides is 1. The second kappa shape index (κ2) is 8.25. The van der Waals surface area contributed by atoms with Crippen molar-refractivity contribution in [3.63, 3.8) is 0 Å². The van der Waals surface area contributed by atoms with E-state index in [1.54, 1.807) is 11.3 Å². The molecule has 0 aromatic carbocycles. The van der Waals surface area contributed by atoms with E-state index < -0.39 is 0 Å². The predicted molar refractivity (Wildman–Crippen MR) is 86.4 cm³/mol. The summed E-state index contributed by atoms with van der Waals surface area (Å²) < 4.78 is 1.02. The minimum atomic E-state index is 0. The lowest BCUT2D eigenvalue weighted by molar-refractivity contribution is 0.0687. The molecule has 1 aliphatic rings. The molecule has 2 rings (SSSR count). The van der Waals surface area contributed by atoms with Gasteiger partial charge in [0.1, 0.15) is 0 Å². The summed E-state index contributed by atoms with van der Waals surface area (Å²) in [5.41, 5.74) is 0.820. The van der Waals surface area contributed by atoms with Crippen LogP contribution in [0.5, 0.6) is 0 Å². The quantitative estimate of drug-likeness (QED) is 0.884. The number of halogens is 2. The second-order valence-electron chi connectivity index (χ2n) is 4.77. The lowest BCUT2D eigenvalue weighted by atomic mass is 9.93. The van der Waals surface area contributed by atoms with Crippen LogP contribution in [-0.2, 0) is 0 Å². The molecule has 1 saturated heterocycles. The molecule has 0 bridgehead atoms. The van der Waals surface area contributed by atoms with Gasteiger partial charge < -0.3 is 10.2 Å². The molecule has 1 aromatic rings. The molecule has 108 valence electrons. The Bertz CT molecular complexity index is 405. The molecule has 1 aromatic heterocycles. The van der Waals surface area contributed by atoms with Gasteiger partial charge in [-0.25, -0.2) is 0 Å². The number of nitrogens with zero attached hydrogens (tertiary/aromatic N) is 1. The van der Waals surface area contributed by atoms with Gasteiger partial charge in [-0.2, -0.15) is 0 Å². The fourth-order valence-corrected chi connectivity index (χ4v) is 3.51. The zero-order chi connectivity index (χ0) is 13.0. The highest BCUT2D eigenvalue weighted by molar-refractivity contribution is 9.11. The standard InChI is InChI=1S/C13H19BrN2OS.ClH/c1-15-5-2-10-3-6-16(7-4-10)13(17)11-8-12(14)18-9-11;/h8-10,15H,2-7H2,1H3;1H. The number of rotatable bonds is 4. The van der Waals surface area contributed by atoms with Gasteiger partial charge in [-0.1, -0.05) is 0 Å². The van der Waals surface area contributed by atoms with Crippen LogP contribution in [0.25, 0.3) is 0 Å². The molecule has 1 aliphatic heterocycles. The Labute approximate surface area is 133 Å². The first-order valence-corrected chi connectivity index (χ1v) is 8.06. The van der Waals surface area contributed by atoms with Gasteiger partial charge in [0.15, 0.2) is 0 Å². The Morgan fingerprint density at radius 1 is 1.53 bits per heavy atom. The van der Waals surface area contributed by atoms with Gasteiger partial charge in [0.2, 0.25) is 0 Å². The van der Waals surface area contributed by atoms with Gasteiger partial charge in [-0.05, 0) is 60.8 Å². The maximum Gasteiger partial charge on any atom is 0.254 e. The Morgan fingerprint density at radius 3 is 2.74 bits per heavy atom. The van der Waals surface area contributed by atoms with Gasteiger partial charge in [0.05, 0.1) is 9.35 Å². The summed E-state index contributed by atoms with van der Waals surface area (Å²) in [6.45, 7) is 2.89. The van der Waals surface area contributed by atoms with Crippen LogP contribution in [0.1, 0.15) is 29.6 Å². The summed E-state index contributed by atoms with van der Waals surface area (Å²) in [5.74, 6) is 0.958. The van der Waals surface area contributed by atoms with Crippen molar-refractivity contribution in [1.82, 2.24) is 10.2 Å². The number of hydrogen-bond acceptors (Lipinski definition) is 3. The highest BCUT2D eigenvalue weighted by atomic mass is 79.9. The average Bonchev–Trinajstić information content (AvgIpc) is 2.83. The number of likely N-dealkylation sites (tertiary alicyclic amines) is 1. The van der Waals surface area contributed by atoms with E-state index in [0.717, 1.165) is 47.7 Å². The first-order valence-electron chi connectivity index (χ1n) is 6.38. The van der Waals surface area contributed by atoms with Crippen molar-refractivity contribution >= 4 is 45.6 Å². The molecule has 0 spiro atoms. The molecule has 0 radical (unpaired) electrons. The zero-order valence-corrected chi connectivity index (χ0v) is 14.2. The maximum atomic E-state index is 12.2. The number of carbonyl (C=O) groups excluding carboxylic acids is 1. The van der Waals surface area contributed by atoms with E-state index in [1.807, 2.05) is 23.4 Å². The molecule has 1 amide bonds. The zero-order valence-electron chi connectivity index (χ0n) is 11.0. The number of thiophene rings is 1.